The van der Waals surface area contributed by atoms with Crippen LogP contribution < -0.4 is 11.1 Å². The number of hydrogen-bond acceptors (Lipinski definition) is 4. The van der Waals surface area contributed by atoms with Gasteiger partial charge in [-0.2, -0.15) is 0 Å². The minimum absolute atomic E-state index is 0.139. The summed E-state index contributed by atoms with van der Waals surface area (Å²) >= 11 is 1.32. The Labute approximate surface area is 101 Å². The van der Waals surface area contributed by atoms with Gasteiger partial charge in [-0.05, 0) is 33.6 Å². The van der Waals surface area contributed by atoms with Gasteiger partial charge in [0.15, 0.2) is 5.17 Å². The lowest BCUT2D eigenvalue weighted by Gasteiger charge is -2.19. The molecule has 0 radical (unpaired) electrons. The summed E-state index contributed by atoms with van der Waals surface area (Å²) in [4.78, 5) is 11.2. The number of unbranched alkanes of at least 4 members (excludes halogenated alkanes) is 1. The van der Waals surface area contributed by atoms with Crippen molar-refractivity contribution in [2.24, 2.45) is 5.73 Å². The molecule has 0 saturated carbocycles. The zero-order chi connectivity index (χ0) is 12.6. The molecule has 0 aliphatic heterocycles. The second kappa shape index (κ2) is 7.38. The van der Waals surface area contributed by atoms with Crippen LogP contribution >= 0.6 is 11.8 Å². The number of carbonyl (C=O) groups is 1. The third-order valence-electron chi connectivity index (χ3n) is 1.50. The molecular weight excluding hydrogens is 226 g/mol. The van der Waals surface area contributed by atoms with E-state index in [2.05, 4.69) is 5.32 Å². The Morgan fingerprint density at radius 1 is 1.44 bits per heavy atom. The van der Waals surface area contributed by atoms with Crippen LogP contribution in [-0.4, -0.2) is 29.2 Å². The highest BCUT2D eigenvalue weighted by Gasteiger charge is 2.15. The highest BCUT2D eigenvalue weighted by Crippen LogP contribution is 2.06. The molecular formula is C10H21N3O2S. The fourth-order valence-corrected chi connectivity index (χ4v) is 1.48. The molecule has 0 fully saturated rings. The van der Waals surface area contributed by atoms with Crippen LogP contribution in [0, 0.1) is 5.41 Å². The van der Waals surface area contributed by atoms with Crippen LogP contribution in [0.15, 0.2) is 0 Å². The second-order valence-electron chi connectivity index (χ2n) is 4.35. The van der Waals surface area contributed by atoms with Crippen molar-refractivity contribution >= 4 is 23.0 Å². The quantitative estimate of drug-likeness (QED) is 0.393. The van der Waals surface area contributed by atoms with E-state index in [1.807, 2.05) is 20.8 Å². The first kappa shape index (κ1) is 15.1. The van der Waals surface area contributed by atoms with Crippen molar-refractivity contribution in [2.45, 2.75) is 39.2 Å². The van der Waals surface area contributed by atoms with Crippen LogP contribution in [0.4, 0.5) is 4.79 Å². The Hall–Kier alpha value is -0.910. The minimum Gasteiger partial charge on any atom is -0.444 e. The lowest BCUT2D eigenvalue weighted by Crippen LogP contribution is -2.33. The third kappa shape index (κ3) is 11.2. The number of amides is 1. The number of nitrogens with two attached hydrogens (primary N) is 1. The molecule has 0 rings (SSSR count). The van der Waals surface area contributed by atoms with E-state index in [-0.39, 0.29) is 11.3 Å². The number of amidine groups is 1. The Kier molecular flexibility index (Phi) is 6.96. The summed E-state index contributed by atoms with van der Waals surface area (Å²) in [6.07, 6.45) is 1.39. The van der Waals surface area contributed by atoms with Gasteiger partial charge in [0.25, 0.3) is 0 Å². The Bertz CT molecular complexity index is 239. The van der Waals surface area contributed by atoms with Crippen molar-refractivity contribution in [2.75, 3.05) is 12.3 Å². The fourth-order valence-electron chi connectivity index (χ4n) is 0.914. The maximum atomic E-state index is 11.2. The highest BCUT2D eigenvalue weighted by atomic mass is 32.2. The van der Waals surface area contributed by atoms with E-state index in [4.69, 9.17) is 15.9 Å². The zero-order valence-corrected chi connectivity index (χ0v) is 10.9. The molecule has 0 aliphatic rings. The van der Waals surface area contributed by atoms with E-state index >= 15 is 0 Å². The number of carbonyl (C=O) groups excluding carboxylic acids is 1. The van der Waals surface area contributed by atoms with Crippen LogP contribution in [0.3, 0.4) is 0 Å². The summed E-state index contributed by atoms with van der Waals surface area (Å²) in [5.41, 5.74) is 4.73. The average molecular weight is 247 g/mol. The summed E-state index contributed by atoms with van der Waals surface area (Å²) in [6, 6.07) is 0. The first-order valence-corrected chi connectivity index (χ1v) is 6.23. The average Bonchev–Trinajstić information content (AvgIpc) is 2.07. The third-order valence-corrected chi connectivity index (χ3v) is 2.30. The van der Waals surface area contributed by atoms with E-state index in [1.165, 1.54) is 11.8 Å². The second-order valence-corrected chi connectivity index (χ2v) is 5.49. The summed E-state index contributed by atoms with van der Waals surface area (Å²) in [7, 11) is 0. The van der Waals surface area contributed by atoms with Crippen molar-refractivity contribution in [1.29, 1.82) is 5.41 Å². The number of nitrogens with one attached hydrogen (secondary N) is 2. The SMILES string of the molecule is CC(C)(C)OC(=O)NCCCCSC(=N)N. The van der Waals surface area contributed by atoms with Crippen LogP contribution in [0.2, 0.25) is 0 Å². The molecule has 5 nitrogen and oxygen atoms in total. The van der Waals surface area contributed by atoms with Gasteiger partial charge in [-0.1, -0.05) is 11.8 Å². The first-order chi connectivity index (χ1) is 7.31. The summed E-state index contributed by atoms with van der Waals surface area (Å²) in [6.45, 7) is 6.08. The molecule has 0 bridgehead atoms. The molecule has 0 heterocycles. The van der Waals surface area contributed by atoms with Gasteiger partial charge in [0.05, 0.1) is 0 Å². The maximum Gasteiger partial charge on any atom is 0.407 e. The lowest BCUT2D eigenvalue weighted by atomic mass is 10.2. The summed E-state index contributed by atoms with van der Waals surface area (Å²) in [5, 5.41) is 9.80. The van der Waals surface area contributed by atoms with Crippen LogP contribution in [0.5, 0.6) is 0 Å². The summed E-state index contributed by atoms with van der Waals surface area (Å²) < 4.78 is 5.07. The number of hydrogen-bond donors (Lipinski definition) is 3. The maximum absolute atomic E-state index is 11.2. The van der Waals surface area contributed by atoms with Gasteiger partial charge >= 0.3 is 6.09 Å². The molecule has 0 saturated heterocycles. The van der Waals surface area contributed by atoms with Crippen molar-refractivity contribution in [1.82, 2.24) is 5.32 Å². The highest BCUT2D eigenvalue weighted by molar-refractivity contribution is 8.13. The van der Waals surface area contributed by atoms with Gasteiger partial charge in [-0.25, -0.2) is 4.79 Å². The molecule has 6 heteroatoms. The van der Waals surface area contributed by atoms with E-state index < -0.39 is 5.60 Å². The number of rotatable bonds is 5. The predicted molar refractivity (Wildman–Crippen MR) is 67.8 cm³/mol. The summed E-state index contributed by atoms with van der Waals surface area (Å²) in [5.74, 6) is 0.811. The van der Waals surface area contributed by atoms with Gasteiger partial charge in [-0.15, -0.1) is 0 Å². The molecule has 16 heavy (non-hydrogen) atoms. The van der Waals surface area contributed by atoms with Gasteiger partial charge in [0.1, 0.15) is 5.60 Å². The van der Waals surface area contributed by atoms with Crippen molar-refractivity contribution < 1.29 is 9.53 Å². The van der Waals surface area contributed by atoms with Crippen LogP contribution in [0.1, 0.15) is 33.6 Å². The number of ether oxygens (including phenoxy) is 1. The van der Waals surface area contributed by atoms with E-state index in [9.17, 15) is 4.79 Å². The van der Waals surface area contributed by atoms with Crippen molar-refractivity contribution in [3.05, 3.63) is 0 Å². The Morgan fingerprint density at radius 2 is 2.06 bits per heavy atom. The van der Waals surface area contributed by atoms with Crippen molar-refractivity contribution in [3.8, 4) is 0 Å². The van der Waals surface area contributed by atoms with E-state index in [0.29, 0.717) is 6.54 Å². The zero-order valence-electron chi connectivity index (χ0n) is 10.1. The standard InChI is InChI=1S/C10H21N3O2S/c1-10(2,3)15-9(14)13-6-4-5-7-16-8(11)12/h4-7H2,1-3H3,(H3,11,12)(H,13,14). The van der Waals surface area contributed by atoms with Gasteiger partial charge < -0.3 is 15.8 Å². The molecule has 0 spiro atoms. The first-order valence-electron chi connectivity index (χ1n) is 5.25. The largest absolute Gasteiger partial charge is 0.444 e. The Morgan fingerprint density at radius 3 is 2.56 bits per heavy atom. The van der Waals surface area contributed by atoms with Gasteiger partial charge in [0.2, 0.25) is 0 Å². The van der Waals surface area contributed by atoms with Gasteiger partial charge in [0, 0.05) is 12.3 Å². The number of alkyl carbamates (subject to hydrolysis) is 1. The molecule has 0 atom stereocenters. The fraction of sp³-hybridized carbons (Fsp3) is 0.800. The van der Waals surface area contributed by atoms with Gasteiger partial charge in [-0.3, -0.25) is 5.41 Å². The number of thioether (sulfide) groups is 1. The Balaban J connectivity index is 3.38. The molecule has 0 aromatic heterocycles. The monoisotopic (exact) mass is 247 g/mol. The predicted octanol–water partition coefficient (Wildman–Crippen LogP) is 1.92. The molecule has 0 unspecified atom stereocenters. The van der Waals surface area contributed by atoms with Crippen molar-refractivity contribution in [3.63, 3.8) is 0 Å². The molecule has 1 amide bonds. The molecule has 0 aliphatic carbocycles. The molecule has 4 N–H and O–H groups in total. The van der Waals surface area contributed by atoms with E-state index in [0.717, 1.165) is 18.6 Å². The van der Waals surface area contributed by atoms with Crippen LogP contribution in [-0.2, 0) is 4.74 Å². The lowest BCUT2D eigenvalue weighted by molar-refractivity contribution is 0.0527. The smallest absolute Gasteiger partial charge is 0.407 e. The molecule has 0 aromatic rings. The topological polar surface area (TPSA) is 88.2 Å². The molecule has 0 aromatic carbocycles. The normalized spacial score (nSPS) is 10.9. The minimum atomic E-state index is -0.450. The molecule has 94 valence electrons. The van der Waals surface area contributed by atoms with E-state index in [1.54, 1.807) is 0 Å². The van der Waals surface area contributed by atoms with Crippen LogP contribution in [0.25, 0.3) is 0 Å².